The highest BCUT2D eigenvalue weighted by molar-refractivity contribution is 7.47. The number of allylic oxidation sites excluding steroid dienone is 12. The average Bonchev–Trinajstić information content (AvgIpc) is 3.34. The molecule has 1 aliphatic rings. The quantitative estimate of drug-likeness (QED) is 0.0147. The van der Waals surface area contributed by atoms with E-state index in [1.165, 1.54) is 103 Å². The van der Waals surface area contributed by atoms with Gasteiger partial charge in [-0.15, -0.1) is 0 Å². The lowest BCUT2D eigenvalue weighted by Crippen LogP contribution is -2.64. The number of rotatable bonds is 46. The molecule has 6 unspecified atom stereocenters. The van der Waals surface area contributed by atoms with Gasteiger partial charge in [0.25, 0.3) is 0 Å². The van der Waals surface area contributed by atoms with Crippen molar-refractivity contribution in [3.05, 3.63) is 72.9 Å². The summed E-state index contributed by atoms with van der Waals surface area (Å²) >= 11 is 0. The molecule has 0 aromatic rings. The van der Waals surface area contributed by atoms with Gasteiger partial charge >= 0.3 is 13.8 Å². The van der Waals surface area contributed by atoms with Crippen molar-refractivity contribution in [1.29, 1.82) is 0 Å². The van der Waals surface area contributed by atoms with E-state index in [1.54, 1.807) is 0 Å². The summed E-state index contributed by atoms with van der Waals surface area (Å²) in [5.41, 5.74) is 0. The molecule has 400 valence electrons. The minimum absolute atomic E-state index is 0.0883. The summed E-state index contributed by atoms with van der Waals surface area (Å²) in [7, 11) is -5.04. The summed E-state index contributed by atoms with van der Waals surface area (Å²) in [6.07, 6.45) is 48.2. The van der Waals surface area contributed by atoms with Crippen LogP contribution in [0.15, 0.2) is 72.9 Å². The summed E-state index contributed by atoms with van der Waals surface area (Å²) in [5.74, 6) is -0.500. The van der Waals surface area contributed by atoms with Crippen LogP contribution in [0.1, 0.15) is 213 Å². The number of hydrogen-bond acceptors (Lipinski definition) is 11. The molecule has 1 rings (SSSR count). The molecule has 69 heavy (non-hydrogen) atoms. The van der Waals surface area contributed by atoms with Gasteiger partial charge in [0.2, 0.25) is 0 Å². The Balaban J connectivity index is 2.35. The van der Waals surface area contributed by atoms with Gasteiger partial charge in [0.1, 0.15) is 42.7 Å². The summed E-state index contributed by atoms with van der Waals surface area (Å²) in [5, 5.41) is 50.4. The molecule has 0 saturated heterocycles. The van der Waals surface area contributed by atoms with E-state index in [4.69, 9.17) is 18.5 Å². The molecule has 1 fully saturated rings. The second kappa shape index (κ2) is 45.6. The first-order valence-electron chi connectivity index (χ1n) is 27.3. The van der Waals surface area contributed by atoms with Crippen LogP contribution >= 0.6 is 7.82 Å². The van der Waals surface area contributed by atoms with Crippen LogP contribution < -0.4 is 0 Å². The molecule has 0 aromatic carbocycles. The van der Waals surface area contributed by atoms with Crippen LogP contribution in [0.3, 0.4) is 0 Å². The van der Waals surface area contributed by atoms with Crippen LogP contribution in [0.4, 0.5) is 0 Å². The van der Waals surface area contributed by atoms with Gasteiger partial charge in [-0.2, -0.15) is 0 Å². The number of aliphatic hydroxyl groups is 5. The van der Waals surface area contributed by atoms with Gasteiger partial charge in [-0.05, 0) is 64.2 Å². The summed E-state index contributed by atoms with van der Waals surface area (Å²) in [4.78, 5) is 23.3. The van der Waals surface area contributed by atoms with Gasteiger partial charge in [-0.25, -0.2) is 4.57 Å². The number of hydrogen-bond donors (Lipinski definition) is 6. The zero-order valence-electron chi connectivity index (χ0n) is 43.1. The summed E-state index contributed by atoms with van der Waals surface area (Å²) < 4.78 is 34.3. The molecular formula is C56H99O12P. The normalized spacial score (nSPS) is 21.6. The van der Waals surface area contributed by atoms with E-state index in [0.29, 0.717) is 13.0 Å². The Hall–Kier alpha value is -2.22. The SMILES string of the molecule is CC/C=C\C/C=C\C/C=C\C/C=C\C/C=C\C/C=C\CCCCCCC(=O)OC(COCCCCCCCCCCCCCCCCCCCCC)COP(=O)(O)OC1C(O)C(O)C(O)C(O)C1O. The zero-order chi connectivity index (χ0) is 50.5. The number of carbonyl (C=O) groups excluding carboxylic acids is 1. The highest BCUT2D eigenvalue weighted by atomic mass is 31.2. The monoisotopic (exact) mass is 995 g/mol. The van der Waals surface area contributed by atoms with Gasteiger partial charge in [-0.3, -0.25) is 13.8 Å². The number of aliphatic hydroxyl groups excluding tert-OH is 5. The second-order valence-electron chi connectivity index (χ2n) is 18.7. The average molecular weight is 995 g/mol. The summed E-state index contributed by atoms with van der Waals surface area (Å²) in [6.45, 7) is 4.15. The Labute approximate surface area is 419 Å². The van der Waals surface area contributed by atoms with Crippen LogP contribution in [0.25, 0.3) is 0 Å². The number of esters is 1. The van der Waals surface area contributed by atoms with Crippen LogP contribution in [0, 0.1) is 0 Å². The van der Waals surface area contributed by atoms with Crippen LogP contribution in [-0.2, 0) is 27.9 Å². The lowest BCUT2D eigenvalue weighted by atomic mass is 9.85. The standard InChI is InChI=1S/C56H99O12P/c1-3-5-7-9-11-13-15-17-19-21-23-24-25-26-27-29-31-33-35-37-39-41-43-45-50(57)67-49(48-66-69(63,64)68-56-54(61)52(59)51(58)53(60)55(56)62)47-65-46-44-42-40-38-36-34-32-30-28-22-20-18-16-14-12-10-8-6-4-2/h5,7,11,13,17,19,23-24,26-27,31,33,49,51-56,58-62H,3-4,6,8-10,12,14-16,18,20-22,25,28-30,32,34-48H2,1-2H3,(H,63,64)/b7-5-,13-11-,19-17-,24-23-,27-26-,33-31-. The molecule has 6 N–H and O–H groups in total. The van der Waals surface area contributed by atoms with E-state index < -0.39 is 63.1 Å². The fourth-order valence-corrected chi connectivity index (χ4v) is 9.04. The fraction of sp³-hybridized carbons (Fsp3) is 0.768. The molecule has 0 spiro atoms. The van der Waals surface area contributed by atoms with Gasteiger partial charge in [0.15, 0.2) is 0 Å². The van der Waals surface area contributed by atoms with E-state index in [9.17, 15) is 39.8 Å². The topological polar surface area (TPSA) is 192 Å². The number of phosphoric ester groups is 1. The largest absolute Gasteiger partial charge is 0.472 e. The van der Waals surface area contributed by atoms with Crippen LogP contribution in [-0.4, -0.2) is 98.9 Å². The molecule has 1 aliphatic carbocycles. The van der Waals surface area contributed by atoms with Crippen molar-refractivity contribution in [3.63, 3.8) is 0 Å². The third-order valence-corrected chi connectivity index (χ3v) is 13.3. The molecule has 6 atom stereocenters. The molecule has 12 nitrogen and oxygen atoms in total. The number of carbonyl (C=O) groups is 1. The predicted octanol–water partition coefficient (Wildman–Crippen LogP) is 12.7. The molecule has 0 aliphatic heterocycles. The van der Waals surface area contributed by atoms with Crippen molar-refractivity contribution in [2.75, 3.05) is 19.8 Å². The molecular weight excluding hydrogens is 896 g/mol. The Kier molecular flexibility index (Phi) is 42.8. The van der Waals surface area contributed by atoms with E-state index in [-0.39, 0.29) is 13.0 Å². The van der Waals surface area contributed by atoms with Crippen molar-refractivity contribution in [3.8, 4) is 0 Å². The van der Waals surface area contributed by atoms with E-state index in [1.807, 2.05) is 0 Å². The first kappa shape index (κ1) is 64.8. The smallest absolute Gasteiger partial charge is 0.457 e. The first-order chi connectivity index (χ1) is 33.5. The maximum absolute atomic E-state index is 12.9. The lowest BCUT2D eigenvalue weighted by Gasteiger charge is -2.41. The van der Waals surface area contributed by atoms with Crippen molar-refractivity contribution in [2.24, 2.45) is 0 Å². The van der Waals surface area contributed by atoms with Crippen molar-refractivity contribution < 1.29 is 58.3 Å². The van der Waals surface area contributed by atoms with E-state index in [0.717, 1.165) is 83.5 Å². The van der Waals surface area contributed by atoms with E-state index in [2.05, 4.69) is 86.8 Å². The minimum Gasteiger partial charge on any atom is -0.457 e. The van der Waals surface area contributed by atoms with Gasteiger partial charge in [0, 0.05) is 13.0 Å². The fourth-order valence-electron chi connectivity index (χ4n) is 8.07. The molecule has 0 amide bonds. The molecule has 1 saturated carbocycles. The highest BCUT2D eigenvalue weighted by Crippen LogP contribution is 2.47. The number of phosphoric acid groups is 1. The van der Waals surface area contributed by atoms with Gasteiger partial charge in [-0.1, -0.05) is 215 Å². The van der Waals surface area contributed by atoms with Gasteiger partial charge in [0.05, 0.1) is 13.2 Å². The first-order valence-corrected chi connectivity index (χ1v) is 28.8. The molecule has 0 aromatic heterocycles. The lowest BCUT2D eigenvalue weighted by molar-refractivity contribution is -0.220. The molecule has 0 radical (unpaired) electrons. The number of unbranched alkanes of at least 4 members (excludes halogenated alkanes) is 22. The Morgan fingerprint density at radius 2 is 0.855 bits per heavy atom. The Morgan fingerprint density at radius 1 is 0.478 bits per heavy atom. The predicted molar refractivity (Wildman–Crippen MR) is 281 cm³/mol. The van der Waals surface area contributed by atoms with E-state index >= 15 is 0 Å². The van der Waals surface area contributed by atoms with Crippen LogP contribution in [0.2, 0.25) is 0 Å². The van der Waals surface area contributed by atoms with Gasteiger partial charge < -0.3 is 39.9 Å². The Bertz CT molecular complexity index is 1410. The number of ether oxygens (including phenoxy) is 2. The molecule has 13 heteroatoms. The van der Waals surface area contributed by atoms with Crippen LogP contribution in [0.5, 0.6) is 0 Å². The third kappa shape index (κ3) is 37.2. The maximum atomic E-state index is 12.9. The maximum Gasteiger partial charge on any atom is 0.472 e. The second-order valence-corrected chi connectivity index (χ2v) is 20.1. The van der Waals surface area contributed by atoms with Crippen molar-refractivity contribution in [2.45, 2.75) is 256 Å². The van der Waals surface area contributed by atoms with Crippen molar-refractivity contribution >= 4 is 13.8 Å². The third-order valence-electron chi connectivity index (χ3n) is 12.3. The zero-order valence-corrected chi connectivity index (χ0v) is 44.0. The molecule has 0 heterocycles. The Morgan fingerprint density at radius 3 is 1.30 bits per heavy atom. The summed E-state index contributed by atoms with van der Waals surface area (Å²) in [6, 6.07) is 0. The molecule has 0 bridgehead atoms. The van der Waals surface area contributed by atoms with Crippen molar-refractivity contribution in [1.82, 2.24) is 0 Å². The minimum atomic E-state index is -5.04. The highest BCUT2D eigenvalue weighted by Gasteiger charge is 2.51.